The Labute approximate surface area is 236 Å². The molecular weight excluding hydrogens is 581 g/mol. The Balaban J connectivity index is 1.40. The van der Waals surface area contributed by atoms with Crippen molar-refractivity contribution < 1.29 is 19.1 Å². The van der Waals surface area contributed by atoms with Crippen LogP contribution in [0, 0.1) is 0 Å². The normalized spacial score (nSPS) is 19.2. The van der Waals surface area contributed by atoms with Crippen LogP contribution in [0.5, 0.6) is 11.5 Å². The SMILES string of the molecule is CC(C)(C)OC(=O)N1CCN(C2CCCN(Cc3ccc(Br)cc3Oc3cc(Cl)cc(Cl)c3)C2)C(=O)C1. The summed E-state index contributed by atoms with van der Waals surface area (Å²) in [6, 6.07) is 11.2. The largest absolute Gasteiger partial charge is 0.457 e. The first-order chi connectivity index (χ1) is 17.5. The summed E-state index contributed by atoms with van der Waals surface area (Å²) in [5.41, 5.74) is 0.441. The molecule has 2 aromatic carbocycles. The Bertz CT molecular complexity index is 1140. The van der Waals surface area contributed by atoms with Gasteiger partial charge in [-0.25, -0.2) is 4.79 Å². The zero-order valence-electron chi connectivity index (χ0n) is 21.3. The second kappa shape index (κ2) is 11.8. The predicted molar refractivity (Wildman–Crippen MR) is 148 cm³/mol. The minimum atomic E-state index is -0.588. The van der Waals surface area contributed by atoms with Gasteiger partial charge < -0.3 is 14.4 Å². The highest BCUT2D eigenvalue weighted by molar-refractivity contribution is 9.10. The highest BCUT2D eigenvalue weighted by Crippen LogP contribution is 2.33. The van der Waals surface area contributed by atoms with Crippen molar-refractivity contribution in [3.05, 3.63) is 56.5 Å². The van der Waals surface area contributed by atoms with Crippen LogP contribution in [0.4, 0.5) is 4.79 Å². The van der Waals surface area contributed by atoms with Crippen molar-refractivity contribution in [3.8, 4) is 11.5 Å². The molecule has 0 spiro atoms. The average Bonchev–Trinajstić information content (AvgIpc) is 2.79. The monoisotopic (exact) mass is 611 g/mol. The Morgan fingerprint density at radius 3 is 2.49 bits per heavy atom. The van der Waals surface area contributed by atoms with Crippen LogP contribution in [-0.2, 0) is 16.1 Å². The van der Waals surface area contributed by atoms with E-state index in [1.807, 2.05) is 43.9 Å². The van der Waals surface area contributed by atoms with Crippen molar-refractivity contribution >= 4 is 51.1 Å². The molecule has 37 heavy (non-hydrogen) atoms. The fraction of sp³-hybridized carbons (Fsp3) is 0.481. The molecule has 0 N–H and O–H groups in total. The lowest BCUT2D eigenvalue weighted by atomic mass is 10.0. The van der Waals surface area contributed by atoms with Crippen LogP contribution in [0.2, 0.25) is 10.0 Å². The molecule has 200 valence electrons. The van der Waals surface area contributed by atoms with E-state index in [0.29, 0.717) is 35.4 Å². The van der Waals surface area contributed by atoms with E-state index in [9.17, 15) is 9.59 Å². The number of ether oxygens (including phenoxy) is 2. The van der Waals surface area contributed by atoms with E-state index in [2.05, 4.69) is 20.8 Å². The number of hydrogen-bond acceptors (Lipinski definition) is 5. The highest BCUT2D eigenvalue weighted by Gasteiger charge is 2.35. The Kier molecular flexibility index (Phi) is 8.94. The molecule has 7 nitrogen and oxygen atoms in total. The van der Waals surface area contributed by atoms with Gasteiger partial charge in [-0.1, -0.05) is 45.2 Å². The van der Waals surface area contributed by atoms with E-state index in [4.69, 9.17) is 32.7 Å². The Morgan fingerprint density at radius 2 is 1.81 bits per heavy atom. The van der Waals surface area contributed by atoms with Crippen LogP contribution in [-0.4, -0.2) is 71.1 Å². The summed E-state index contributed by atoms with van der Waals surface area (Å²) in [7, 11) is 0. The number of benzene rings is 2. The third-order valence-electron chi connectivity index (χ3n) is 6.32. The molecular formula is C27H32BrCl2N3O4. The molecule has 0 aliphatic carbocycles. The first kappa shape index (κ1) is 28.0. The van der Waals surface area contributed by atoms with Crippen molar-refractivity contribution in [2.75, 3.05) is 32.7 Å². The van der Waals surface area contributed by atoms with Crippen LogP contribution in [0.15, 0.2) is 40.9 Å². The maximum atomic E-state index is 13.0. The number of piperidine rings is 1. The van der Waals surface area contributed by atoms with Gasteiger partial charge in [-0.15, -0.1) is 0 Å². The predicted octanol–water partition coefficient (Wildman–Crippen LogP) is 6.59. The molecule has 2 saturated heterocycles. The molecule has 0 saturated carbocycles. The smallest absolute Gasteiger partial charge is 0.410 e. The number of amides is 2. The quantitative estimate of drug-likeness (QED) is 0.381. The van der Waals surface area contributed by atoms with Gasteiger partial charge in [-0.2, -0.15) is 0 Å². The number of carbonyl (C=O) groups excluding carboxylic acids is 2. The number of hydrogen-bond donors (Lipinski definition) is 0. The molecule has 0 aromatic heterocycles. The van der Waals surface area contributed by atoms with Gasteiger partial charge in [0.2, 0.25) is 5.91 Å². The van der Waals surface area contributed by atoms with E-state index >= 15 is 0 Å². The van der Waals surface area contributed by atoms with Crippen LogP contribution in [0.1, 0.15) is 39.2 Å². The standard InChI is InChI=1S/C27H32BrCl2N3O4/c1-27(2,3)37-26(35)32-9-10-33(25(34)17-32)22-5-4-8-31(16-22)15-18-6-7-19(28)11-24(18)36-23-13-20(29)12-21(30)14-23/h6-7,11-14,22H,4-5,8-10,15-17H2,1-3H3. The fourth-order valence-electron chi connectivity index (χ4n) is 4.69. The molecule has 2 aliphatic heterocycles. The summed E-state index contributed by atoms with van der Waals surface area (Å²) >= 11 is 15.8. The second-order valence-electron chi connectivity index (χ2n) is 10.5. The topological polar surface area (TPSA) is 62.3 Å². The lowest BCUT2D eigenvalue weighted by Gasteiger charge is -2.43. The van der Waals surface area contributed by atoms with Gasteiger partial charge in [0, 0.05) is 52.3 Å². The van der Waals surface area contributed by atoms with Gasteiger partial charge in [0.15, 0.2) is 0 Å². The summed E-state index contributed by atoms with van der Waals surface area (Å²) in [5, 5.41) is 1.02. The highest BCUT2D eigenvalue weighted by atomic mass is 79.9. The van der Waals surface area contributed by atoms with Gasteiger partial charge in [0.05, 0.1) is 0 Å². The number of piperazine rings is 1. The first-order valence-corrected chi connectivity index (χ1v) is 13.9. The minimum absolute atomic E-state index is 0.0329. The lowest BCUT2D eigenvalue weighted by molar-refractivity contribution is -0.139. The second-order valence-corrected chi connectivity index (χ2v) is 12.3. The Hall–Kier alpha value is -2.00. The zero-order valence-corrected chi connectivity index (χ0v) is 24.4. The molecule has 1 atom stereocenters. The van der Waals surface area contributed by atoms with E-state index in [0.717, 1.165) is 41.7 Å². The first-order valence-electron chi connectivity index (χ1n) is 12.4. The summed E-state index contributed by atoms with van der Waals surface area (Å²) < 4.78 is 12.5. The maximum Gasteiger partial charge on any atom is 0.410 e. The molecule has 4 rings (SSSR count). The summed E-state index contributed by atoms with van der Waals surface area (Å²) in [6.07, 6.45) is 1.50. The van der Waals surface area contributed by atoms with E-state index in [-0.39, 0.29) is 18.5 Å². The van der Waals surface area contributed by atoms with Gasteiger partial charge in [-0.3, -0.25) is 14.6 Å². The average molecular weight is 613 g/mol. The van der Waals surface area contributed by atoms with Gasteiger partial charge in [-0.05, 0) is 70.5 Å². The molecule has 2 fully saturated rings. The Morgan fingerprint density at radius 1 is 1.08 bits per heavy atom. The van der Waals surface area contributed by atoms with Crippen molar-refractivity contribution in [1.29, 1.82) is 0 Å². The van der Waals surface area contributed by atoms with Crippen molar-refractivity contribution in [2.24, 2.45) is 0 Å². The van der Waals surface area contributed by atoms with Crippen LogP contribution < -0.4 is 4.74 Å². The van der Waals surface area contributed by atoms with Crippen molar-refractivity contribution in [1.82, 2.24) is 14.7 Å². The van der Waals surface area contributed by atoms with Crippen LogP contribution in [0.25, 0.3) is 0 Å². The molecule has 2 aromatic rings. The van der Waals surface area contributed by atoms with Crippen molar-refractivity contribution in [2.45, 2.75) is 51.8 Å². The number of halogens is 3. The number of rotatable bonds is 5. The van der Waals surface area contributed by atoms with Gasteiger partial charge in [0.1, 0.15) is 23.6 Å². The van der Waals surface area contributed by atoms with Crippen LogP contribution in [0.3, 0.4) is 0 Å². The molecule has 0 radical (unpaired) electrons. The van der Waals surface area contributed by atoms with E-state index in [1.165, 1.54) is 4.90 Å². The molecule has 10 heteroatoms. The van der Waals surface area contributed by atoms with E-state index < -0.39 is 11.7 Å². The van der Waals surface area contributed by atoms with Gasteiger partial charge >= 0.3 is 6.09 Å². The number of likely N-dealkylation sites (tertiary alicyclic amines) is 1. The van der Waals surface area contributed by atoms with E-state index in [1.54, 1.807) is 18.2 Å². The molecule has 2 amide bonds. The third-order valence-corrected chi connectivity index (χ3v) is 7.25. The van der Waals surface area contributed by atoms with Gasteiger partial charge in [0.25, 0.3) is 0 Å². The molecule has 2 aliphatic rings. The molecule has 0 bridgehead atoms. The third kappa shape index (κ3) is 7.76. The maximum absolute atomic E-state index is 13.0. The molecule has 2 heterocycles. The number of nitrogens with zero attached hydrogens (tertiary/aromatic N) is 3. The van der Waals surface area contributed by atoms with Crippen molar-refractivity contribution in [3.63, 3.8) is 0 Å². The lowest BCUT2D eigenvalue weighted by Crippen LogP contribution is -2.59. The molecule has 1 unspecified atom stereocenters. The zero-order chi connectivity index (χ0) is 26.7. The fourth-order valence-corrected chi connectivity index (χ4v) is 5.54. The number of carbonyl (C=O) groups is 2. The summed E-state index contributed by atoms with van der Waals surface area (Å²) in [5.74, 6) is 1.26. The minimum Gasteiger partial charge on any atom is -0.457 e. The summed E-state index contributed by atoms with van der Waals surface area (Å²) in [6.45, 7) is 8.89. The summed E-state index contributed by atoms with van der Waals surface area (Å²) in [4.78, 5) is 31.2. The van der Waals surface area contributed by atoms with Crippen LogP contribution >= 0.6 is 39.1 Å².